The Morgan fingerprint density at radius 1 is 1.06 bits per heavy atom. The first-order chi connectivity index (χ1) is 8.79. The molecule has 1 nitrogen and oxygen atoms in total. The standard InChI is InChI=1S/C16H14ClN/c17-16-8-4-7-14(11-16)15(12-18)10-9-13-5-2-1-3-6-13/h1-8,11,15H,9-10H2/t15-/m0/s1. The van der Waals surface area contributed by atoms with Gasteiger partial charge >= 0.3 is 0 Å². The van der Waals surface area contributed by atoms with Gasteiger partial charge in [-0.1, -0.05) is 54.1 Å². The monoisotopic (exact) mass is 255 g/mol. The van der Waals surface area contributed by atoms with Gasteiger partial charge in [0.05, 0.1) is 12.0 Å². The highest BCUT2D eigenvalue weighted by molar-refractivity contribution is 6.30. The molecule has 0 aliphatic rings. The maximum atomic E-state index is 9.26. The zero-order chi connectivity index (χ0) is 12.8. The number of nitriles is 1. The molecule has 2 rings (SSSR count). The quantitative estimate of drug-likeness (QED) is 0.785. The first-order valence-corrected chi connectivity index (χ1v) is 6.36. The van der Waals surface area contributed by atoms with E-state index in [0.29, 0.717) is 5.02 Å². The fraction of sp³-hybridized carbons (Fsp3) is 0.188. The van der Waals surface area contributed by atoms with Crippen LogP contribution in [-0.4, -0.2) is 0 Å². The van der Waals surface area contributed by atoms with Gasteiger partial charge in [-0.25, -0.2) is 0 Å². The van der Waals surface area contributed by atoms with E-state index >= 15 is 0 Å². The minimum atomic E-state index is -0.0936. The van der Waals surface area contributed by atoms with Crippen LogP contribution < -0.4 is 0 Å². The molecular weight excluding hydrogens is 242 g/mol. The van der Waals surface area contributed by atoms with Gasteiger partial charge in [-0.2, -0.15) is 5.26 Å². The minimum Gasteiger partial charge on any atom is -0.198 e. The molecule has 2 aromatic carbocycles. The summed E-state index contributed by atoms with van der Waals surface area (Å²) in [5.74, 6) is -0.0936. The van der Waals surface area contributed by atoms with Crippen molar-refractivity contribution >= 4 is 11.6 Å². The summed E-state index contributed by atoms with van der Waals surface area (Å²) in [7, 11) is 0. The van der Waals surface area contributed by atoms with Gasteiger partial charge in [0.15, 0.2) is 0 Å². The van der Waals surface area contributed by atoms with Gasteiger partial charge in [-0.3, -0.25) is 0 Å². The van der Waals surface area contributed by atoms with E-state index in [4.69, 9.17) is 11.6 Å². The van der Waals surface area contributed by atoms with E-state index in [1.165, 1.54) is 5.56 Å². The summed E-state index contributed by atoms with van der Waals surface area (Å²) in [4.78, 5) is 0. The summed E-state index contributed by atoms with van der Waals surface area (Å²) in [6, 6.07) is 20.1. The number of hydrogen-bond donors (Lipinski definition) is 0. The first-order valence-electron chi connectivity index (χ1n) is 5.98. The highest BCUT2D eigenvalue weighted by Gasteiger charge is 2.10. The Hall–Kier alpha value is -1.78. The van der Waals surface area contributed by atoms with Crippen molar-refractivity contribution in [3.8, 4) is 6.07 Å². The van der Waals surface area contributed by atoms with Gasteiger partial charge in [0.25, 0.3) is 0 Å². The van der Waals surface area contributed by atoms with Crippen LogP contribution >= 0.6 is 11.6 Å². The van der Waals surface area contributed by atoms with Gasteiger partial charge in [0.2, 0.25) is 0 Å². The van der Waals surface area contributed by atoms with E-state index in [1.807, 2.05) is 42.5 Å². The zero-order valence-corrected chi connectivity index (χ0v) is 10.8. The van der Waals surface area contributed by atoms with Crippen molar-refractivity contribution in [2.24, 2.45) is 0 Å². The lowest BCUT2D eigenvalue weighted by atomic mass is 9.94. The topological polar surface area (TPSA) is 23.8 Å². The van der Waals surface area contributed by atoms with E-state index in [-0.39, 0.29) is 5.92 Å². The highest BCUT2D eigenvalue weighted by Crippen LogP contribution is 2.23. The second-order valence-electron chi connectivity index (χ2n) is 4.26. The van der Waals surface area contributed by atoms with Gasteiger partial charge < -0.3 is 0 Å². The third-order valence-corrected chi connectivity index (χ3v) is 3.21. The normalized spacial score (nSPS) is 11.8. The molecule has 0 heterocycles. The van der Waals surface area contributed by atoms with Crippen LogP contribution in [-0.2, 0) is 6.42 Å². The molecule has 2 aromatic rings. The molecule has 0 amide bonds. The number of aryl methyl sites for hydroxylation is 1. The van der Waals surface area contributed by atoms with Crippen molar-refractivity contribution in [2.45, 2.75) is 18.8 Å². The Bertz CT molecular complexity index is 543. The number of halogens is 1. The second-order valence-corrected chi connectivity index (χ2v) is 4.70. The van der Waals surface area contributed by atoms with Crippen LogP contribution in [0.2, 0.25) is 5.02 Å². The summed E-state index contributed by atoms with van der Waals surface area (Å²) >= 11 is 5.95. The predicted octanol–water partition coefficient (Wildman–Crippen LogP) is 4.58. The maximum absolute atomic E-state index is 9.26. The molecule has 0 aliphatic carbocycles. The lowest BCUT2D eigenvalue weighted by molar-refractivity contribution is 0.746. The van der Waals surface area contributed by atoms with Crippen molar-refractivity contribution in [3.63, 3.8) is 0 Å². The fourth-order valence-corrected chi connectivity index (χ4v) is 2.18. The Labute approximate surface area is 113 Å². The van der Waals surface area contributed by atoms with Crippen LogP contribution in [0, 0.1) is 11.3 Å². The SMILES string of the molecule is N#C[C@H](CCc1ccccc1)c1cccc(Cl)c1. The number of rotatable bonds is 4. The van der Waals surface area contributed by atoms with Crippen LogP contribution in [0.5, 0.6) is 0 Å². The number of benzene rings is 2. The summed E-state index contributed by atoms with van der Waals surface area (Å²) < 4.78 is 0. The average Bonchev–Trinajstić information content (AvgIpc) is 2.41. The van der Waals surface area contributed by atoms with E-state index in [0.717, 1.165) is 18.4 Å². The number of hydrogen-bond acceptors (Lipinski definition) is 1. The molecule has 0 radical (unpaired) electrons. The summed E-state index contributed by atoms with van der Waals surface area (Å²) in [6.07, 6.45) is 1.73. The molecule has 0 saturated carbocycles. The van der Waals surface area contributed by atoms with Gasteiger partial charge in [-0.15, -0.1) is 0 Å². The molecule has 0 aromatic heterocycles. The molecule has 0 fully saturated rings. The Morgan fingerprint density at radius 2 is 1.83 bits per heavy atom. The Balaban J connectivity index is 2.05. The predicted molar refractivity (Wildman–Crippen MR) is 74.6 cm³/mol. The van der Waals surface area contributed by atoms with Crippen LogP contribution in [0.15, 0.2) is 54.6 Å². The average molecular weight is 256 g/mol. The van der Waals surface area contributed by atoms with Crippen molar-refractivity contribution in [1.29, 1.82) is 5.26 Å². The van der Waals surface area contributed by atoms with Crippen molar-refractivity contribution in [3.05, 3.63) is 70.7 Å². The van der Waals surface area contributed by atoms with Gasteiger partial charge in [-0.05, 0) is 36.1 Å². The van der Waals surface area contributed by atoms with E-state index in [1.54, 1.807) is 0 Å². The van der Waals surface area contributed by atoms with Gasteiger partial charge in [0.1, 0.15) is 0 Å². The molecular formula is C16H14ClN. The maximum Gasteiger partial charge on any atom is 0.0716 e. The van der Waals surface area contributed by atoms with E-state index in [9.17, 15) is 5.26 Å². The van der Waals surface area contributed by atoms with Crippen LogP contribution in [0.1, 0.15) is 23.5 Å². The molecule has 0 N–H and O–H groups in total. The van der Waals surface area contributed by atoms with Crippen molar-refractivity contribution < 1.29 is 0 Å². The Morgan fingerprint density at radius 3 is 2.50 bits per heavy atom. The molecule has 0 saturated heterocycles. The number of nitrogens with zero attached hydrogens (tertiary/aromatic N) is 1. The van der Waals surface area contributed by atoms with Crippen LogP contribution in [0.4, 0.5) is 0 Å². The molecule has 2 heteroatoms. The lowest BCUT2D eigenvalue weighted by Gasteiger charge is -2.09. The van der Waals surface area contributed by atoms with Crippen LogP contribution in [0.25, 0.3) is 0 Å². The molecule has 0 bridgehead atoms. The molecule has 1 atom stereocenters. The zero-order valence-electron chi connectivity index (χ0n) is 10.0. The van der Waals surface area contributed by atoms with E-state index < -0.39 is 0 Å². The minimum absolute atomic E-state index is 0.0936. The lowest BCUT2D eigenvalue weighted by Crippen LogP contribution is -1.98. The molecule has 0 unspecified atom stereocenters. The largest absolute Gasteiger partial charge is 0.198 e. The fourth-order valence-electron chi connectivity index (χ4n) is 1.98. The molecule has 0 spiro atoms. The van der Waals surface area contributed by atoms with Crippen molar-refractivity contribution in [1.82, 2.24) is 0 Å². The van der Waals surface area contributed by atoms with E-state index in [2.05, 4.69) is 18.2 Å². The van der Waals surface area contributed by atoms with Crippen molar-refractivity contribution in [2.75, 3.05) is 0 Å². The second kappa shape index (κ2) is 6.23. The Kier molecular flexibility index (Phi) is 4.39. The summed E-state index contributed by atoms with van der Waals surface area (Å²) in [6.45, 7) is 0. The molecule has 18 heavy (non-hydrogen) atoms. The molecule has 90 valence electrons. The smallest absolute Gasteiger partial charge is 0.0716 e. The third-order valence-electron chi connectivity index (χ3n) is 2.97. The highest BCUT2D eigenvalue weighted by atomic mass is 35.5. The van der Waals surface area contributed by atoms with Gasteiger partial charge in [0, 0.05) is 5.02 Å². The van der Waals surface area contributed by atoms with Crippen LogP contribution in [0.3, 0.4) is 0 Å². The molecule has 0 aliphatic heterocycles. The third kappa shape index (κ3) is 3.35. The summed E-state index contributed by atoms with van der Waals surface area (Å²) in [5.41, 5.74) is 2.26. The first kappa shape index (κ1) is 12.7. The summed E-state index contributed by atoms with van der Waals surface area (Å²) in [5, 5.41) is 9.94.